The van der Waals surface area contributed by atoms with Crippen molar-refractivity contribution >= 4 is 11.8 Å². The molecule has 5 nitrogen and oxygen atoms in total. The molecule has 1 aromatic heterocycles. The Balaban J connectivity index is 1.67. The van der Waals surface area contributed by atoms with Crippen LogP contribution < -0.4 is 10.1 Å². The number of benzene rings is 1. The molecule has 1 unspecified atom stereocenters. The Morgan fingerprint density at radius 2 is 2.14 bits per heavy atom. The first-order chi connectivity index (χ1) is 10.0. The van der Waals surface area contributed by atoms with E-state index in [1.54, 1.807) is 11.8 Å². The second-order valence-corrected chi connectivity index (χ2v) is 7.08. The number of thioether (sulfide) groups is 1. The molecule has 0 fully saturated rings. The number of nitrogens with one attached hydrogen (secondary N) is 1. The lowest BCUT2D eigenvalue weighted by atomic mass is 10.1. The van der Waals surface area contributed by atoms with Gasteiger partial charge in [-0.15, -0.1) is 11.8 Å². The minimum atomic E-state index is -0.156. The number of fused-ring (bicyclic) bond motifs is 1. The van der Waals surface area contributed by atoms with Crippen LogP contribution in [0.5, 0.6) is 5.75 Å². The number of nitrogens with zero attached hydrogens (tertiary/aromatic N) is 2. The summed E-state index contributed by atoms with van der Waals surface area (Å²) >= 11 is 1.76. The zero-order valence-electron chi connectivity index (χ0n) is 12.4. The first-order valence-corrected chi connectivity index (χ1v) is 7.96. The fourth-order valence-corrected chi connectivity index (χ4v) is 2.94. The fraction of sp³-hybridized carbons (Fsp3) is 0.467. The van der Waals surface area contributed by atoms with Crippen LogP contribution in [0.2, 0.25) is 0 Å². The summed E-state index contributed by atoms with van der Waals surface area (Å²) in [5.41, 5.74) is 0.0186. The smallest absolute Gasteiger partial charge is 0.240 e. The van der Waals surface area contributed by atoms with Crippen LogP contribution in [0.15, 0.2) is 33.7 Å². The Labute approximate surface area is 128 Å². The van der Waals surface area contributed by atoms with Gasteiger partial charge in [0.2, 0.25) is 11.7 Å². The Kier molecular flexibility index (Phi) is 3.91. The van der Waals surface area contributed by atoms with Gasteiger partial charge in [0.25, 0.3) is 0 Å². The Morgan fingerprint density at radius 1 is 1.33 bits per heavy atom. The molecule has 0 radical (unpaired) electrons. The standard InChI is InChI=1S/C15H19N3O2S/c1-15(2,3)16-8-13-17-14(18-20-13)11-9-21-12-7-5-4-6-10(12)19-11/h4-7,11,16H,8-9H2,1-3H3. The van der Waals surface area contributed by atoms with Gasteiger partial charge in [-0.1, -0.05) is 17.3 Å². The van der Waals surface area contributed by atoms with Crippen molar-refractivity contribution in [2.45, 2.75) is 43.9 Å². The predicted octanol–water partition coefficient (Wildman–Crippen LogP) is 3.18. The number of aromatic nitrogens is 2. The highest BCUT2D eigenvalue weighted by molar-refractivity contribution is 7.99. The van der Waals surface area contributed by atoms with E-state index in [-0.39, 0.29) is 11.6 Å². The van der Waals surface area contributed by atoms with Gasteiger partial charge >= 0.3 is 0 Å². The topological polar surface area (TPSA) is 60.2 Å². The van der Waals surface area contributed by atoms with Crippen LogP contribution in [0, 0.1) is 0 Å². The fourth-order valence-electron chi connectivity index (χ4n) is 1.96. The van der Waals surface area contributed by atoms with Gasteiger partial charge in [-0.25, -0.2) is 0 Å². The Bertz CT molecular complexity index is 621. The van der Waals surface area contributed by atoms with E-state index in [9.17, 15) is 0 Å². The first kappa shape index (κ1) is 14.4. The van der Waals surface area contributed by atoms with Gasteiger partial charge in [-0.05, 0) is 32.9 Å². The SMILES string of the molecule is CC(C)(C)NCc1nc(C2CSc3ccccc3O2)no1. The largest absolute Gasteiger partial charge is 0.480 e. The maximum Gasteiger partial charge on any atom is 0.240 e. The van der Waals surface area contributed by atoms with E-state index in [2.05, 4.69) is 42.3 Å². The number of ether oxygens (including phenoxy) is 1. The van der Waals surface area contributed by atoms with Crippen LogP contribution in [-0.4, -0.2) is 21.4 Å². The lowest BCUT2D eigenvalue weighted by Gasteiger charge is -2.22. The summed E-state index contributed by atoms with van der Waals surface area (Å²) in [4.78, 5) is 5.59. The van der Waals surface area contributed by atoms with Crippen molar-refractivity contribution in [3.63, 3.8) is 0 Å². The van der Waals surface area contributed by atoms with Crippen LogP contribution in [0.4, 0.5) is 0 Å². The van der Waals surface area contributed by atoms with E-state index in [0.29, 0.717) is 18.3 Å². The van der Waals surface area contributed by atoms with Crippen LogP contribution in [0.3, 0.4) is 0 Å². The quantitative estimate of drug-likeness (QED) is 0.940. The number of rotatable bonds is 3. The maximum absolute atomic E-state index is 5.95. The molecular weight excluding hydrogens is 286 g/mol. The van der Waals surface area contributed by atoms with Gasteiger partial charge in [-0.3, -0.25) is 0 Å². The molecule has 6 heteroatoms. The van der Waals surface area contributed by atoms with E-state index >= 15 is 0 Å². The Hall–Kier alpha value is -1.53. The van der Waals surface area contributed by atoms with Gasteiger partial charge in [0.15, 0.2) is 6.10 Å². The van der Waals surface area contributed by atoms with Crippen molar-refractivity contribution in [2.75, 3.05) is 5.75 Å². The summed E-state index contributed by atoms with van der Waals surface area (Å²) in [6, 6.07) is 8.01. The van der Waals surface area contributed by atoms with Crippen LogP contribution in [0.25, 0.3) is 0 Å². The van der Waals surface area contributed by atoms with Gasteiger partial charge in [0.05, 0.1) is 6.54 Å². The van der Waals surface area contributed by atoms with Gasteiger partial charge in [0, 0.05) is 16.2 Å². The molecular formula is C15H19N3O2S. The zero-order valence-corrected chi connectivity index (χ0v) is 13.2. The second kappa shape index (κ2) is 5.69. The van der Waals surface area contributed by atoms with Crippen LogP contribution in [0.1, 0.15) is 38.6 Å². The Morgan fingerprint density at radius 3 is 2.95 bits per heavy atom. The molecule has 1 aliphatic rings. The first-order valence-electron chi connectivity index (χ1n) is 6.97. The van der Waals surface area contributed by atoms with Crippen molar-refractivity contribution in [3.05, 3.63) is 36.0 Å². The maximum atomic E-state index is 5.95. The number of hydrogen-bond donors (Lipinski definition) is 1. The van der Waals surface area contributed by atoms with Crippen molar-refractivity contribution < 1.29 is 9.26 Å². The van der Waals surface area contributed by atoms with E-state index in [4.69, 9.17) is 9.26 Å². The number of hydrogen-bond acceptors (Lipinski definition) is 6. The molecule has 0 aliphatic carbocycles. The monoisotopic (exact) mass is 305 g/mol. The summed E-state index contributed by atoms with van der Waals surface area (Å²) in [6.45, 7) is 6.86. The molecule has 1 atom stereocenters. The van der Waals surface area contributed by atoms with Crippen LogP contribution in [-0.2, 0) is 6.54 Å². The molecule has 0 saturated heterocycles. The third-order valence-electron chi connectivity index (χ3n) is 3.05. The molecule has 0 spiro atoms. The molecule has 0 saturated carbocycles. The van der Waals surface area contributed by atoms with Crippen molar-refractivity contribution in [3.8, 4) is 5.75 Å². The molecule has 1 aliphatic heterocycles. The molecule has 0 amide bonds. The highest BCUT2D eigenvalue weighted by Gasteiger charge is 2.26. The highest BCUT2D eigenvalue weighted by Crippen LogP contribution is 2.39. The van der Waals surface area contributed by atoms with E-state index in [1.807, 2.05) is 18.2 Å². The van der Waals surface area contributed by atoms with Crippen molar-refractivity contribution in [2.24, 2.45) is 0 Å². The van der Waals surface area contributed by atoms with Crippen LogP contribution >= 0.6 is 11.8 Å². The molecule has 2 heterocycles. The average molecular weight is 305 g/mol. The normalized spacial score (nSPS) is 18.1. The minimum Gasteiger partial charge on any atom is -0.480 e. The summed E-state index contributed by atoms with van der Waals surface area (Å²) in [5.74, 6) is 2.89. The summed E-state index contributed by atoms with van der Waals surface area (Å²) < 4.78 is 11.2. The minimum absolute atomic E-state index is 0.0186. The molecule has 1 aromatic carbocycles. The van der Waals surface area contributed by atoms with Gasteiger partial charge in [-0.2, -0.15) is 4.98 Å². The predicted molar refractivity (Wildman–Crippen MR) is 81.4 cm³/mol. The summed E-state index contributed by atoms with van der Waals surface area (Å²) in [6.07, 6.45) is -0.156. The summed E-state index contributed by atoms with van der Waals surface area (Å²) in [7, 11) is 0. The van der Waals surface area contributed by atoms with Crippen molar-refractivity contribution in [1.29, 1.82) is 0 Å². The van der Waals surface area contributed by atoms with E-state index in [0.717, 1.165) is 16.4 Å². The van der Waals surface area contributed by atoms with E-state index in [1.165, 1.54) is 0 Å². The highest BCUT2D eigenvalue weighted by atomic mass is 32.2. The lowest BCUT2D eigenvalue weighted by Crippen LogP contribution is -2.35. The zero-order chi connectivity index (χ0) is 14.9. The van der Waals surface area contributed by atoms with E-state index < -0.39 is 0 Å². The van der Waals surface area contributed by atoms with Gasteiger partial charge < -0.3 is 14.6 Å². The van der Waals surface area contributed by atoms with Gasteiger partial charge in [0.1, 0.15) is 5.75 Å². The number of para-hydroxylation sites is 1. The molecule has 2 aromatic rings. The second-order valence-electron chi connectivity index (χ2n) is 6.01. The molecule has 0 bridgehead atoms. The molecule has 3 rings (SSSR count). The molecule has 112 valence electrons. The third kappa shape index (κ3) is 3.57. The van der Waals surface area contributed by atoms with Crippen molar-refractivity contribution in [1.82, 2.24) is 15.5 Å². The molecule has 1 N–H and O–H groups in total. The lowest BCUT2D eigenvalue weighted by molar-refractivity contribution is 0.205. The molecule has 21 heavy (non-hydrogen) atoms. The average Bonchev–Trinajstić information content (AvgIpc) is 2.93. The third-order valence-corrected chi connectivity index (χ3v) is 4.17. The summed E-state index contributed by atoms with van der Waals surface area (Å²) in [5, 5.41) is 7.38.